The Morgan fingerprint density at radius 3 is 2.52 bits per heavy atom. The molecule has 148 valence electrons. The van der Waals surface area contributed by atoms with Crippen molar-refractivity contribution < 1.29 is 29.0 Å². The molecule has 9 nitrogen and oxygen atoms in total. The van der Waals surface area contributed by atoms with E-state index in [1.54, 1.807) is 6.07 Å². The molecule has 1 aliphatic rings. The number of ether oxygens (including phenoxy) is 2. The summed E-state index contributed by atoms with van der Waals surface area (Å²) in [7, 11) is 2.73. The average Bonchev–Trinajstić information content (AvgIpc) is 2.62. The van der Waals surface area contributed by atoms with Crippen molar-refractivity contribution in [2.45, 2.75) is 31.8 Å². The van der Waals surface area contributed by atoms with E-state index in [9.17, 15) is 14.4 Å². The van der Waals surface area contributed by atoms with Gasteiger partial charge in [-0.05, 0) is 37.6 Å². The van der Waals surface area contributed by atoms with E-state index in [1.807, 2.05) is 11.8 Å². The molecule has 0 heterocycles. The van der Waals surface area contributed by atoms with Gasteiger partial charge in [-0.3, -0.25) is 9.69 Å². The lowest BCUT2D eigenvalue weighted by atomic mass is 9.85. The molecular formula is C18H25N3O6. The highest BCUT2D eigenvalue weighted by molar-refractivity contribution is 5.94. The second-order valence-corrected chi connectivity index (χ2v) is 6.28. The summed E-state index contributed by atoms with van der Waals surface area (Å²) < 4.78 is 9.87. The Hall–Kier alpha value is -2.81. The number of carboxylic acid groups (broad SMARTS) is 1. The number of methoxy groups -OCH3 is 2. The van der Waals surface area contributed by atoms with Gasteiger partial charge >= 0.3 is 18.0 Å². The van der Waals surface area contributed by atoms with E-state index >= 15 is 0 Å². The van der Waals surface area contributed by atoms with Crippen LogP contribution in [0.25, 0.3) is 0 Å². The Morgan fingerprint density at radius 1 is 1.26 bits per heavy atom. The van der Waals surface area contributed by atoms with Gasteiger partial charge in [-0.15, -0.1) is 0 Å². The Labute approximate surface area is 157 Å². The van der Waals surface area contributed by atoms with Crippen LogP contribution in [-0.2, 0) is 9.53 Å². The molecule has 0 unspecified atom stereocenters. The molecule has 2 amide bonds. The number of urea groups is 1. The number of anilines is 1. The van der Waals surface area contributed by atoms with Crippen LogP contribution in [0.3, 0.4) is 0 Å². The van der Waals surface area contributed by atoms with Gasteiger partial charge in [0.1, 0.15) is 5.75 Å². The lowest BCUT2D eigenvalue weighted by Crippen LogP contribution is -2.55. The van der Waals surface area contributed by atoms with Crippen LogP contribution in [0, 0.1) is 0 Å². The molecule has 2 rings (SSSR count). The number of nitrogens with one attached hydrogen (secondary N) is 2. The largest absolute Gasteiger partial charge is 0.495 e. The maximum absolute atomic E-state index is 12.2. The van der Waals surface area contributed by atoms with Crippen molar-refractivity contribution >= 4 is 23.7 Å². The van der Waals surface area contributed by atoms with Crippen molar-refractivity contribution in [1.82, 2.24) is 10.2 Å². The molecule has 1 fully saturated rings. The number of nitrogens with zero attached hydrogens (tertiary/aromatic N) is 1. The third-order valence-electron chi connectivity index (χ3n) is 4.58. The number of hydrogen-bond acceptors (Lipinski definition) is 6. The van der Waals surface area contributed by atoms with Crippen molar-refractivity contribution in [2.24, 2.45) is 0 Å². The molecule has 9 heteroatoms. The van der Waals surface area contributed by atoms with Crippen LogP contribution in [0.5, 0.6) is 5.75 Å². The summed E-state index contributed by atoms with van der Waals surface area (Å²) in [6.07, 6.45) is 1.40. The molecular weight excluding hydrogens is 354 g/mol. The van der Waals surface area contributed by atoms with Crippen molar-refractivity contribution in [3.05, 3.63) is 23.8 Å². The van der Waals surface area contributed by atoms with E-state index in [0.29, 0.717) is 36.4 Å². The summed E-state index contributed by atoms with van der Waals surface area (Å²) in [6.45, 7) is 2.57. The zero-order chi connectivity index (χ0) is 20.0. The number of benzene rings is 1. The first-order valence-corrected chi connectivity index (χ1v) is 8.67. The standard InChI is InChI=1S/C18H25N3O6/c1-4-21(10-16(22)23)13-8-12(9-13)19-18(25)20-14-6-5-11(17(24)27-3)7-15(14)26-2/h5-7,12-13H,4,8-10H2,1-3H3,(H,22,23)(H2,19,20,25). The molecule has 1 aromatic rings. The normalized spacial score (nSPS) is 18.4. The number of hydrogen-bond donors (Lipinski definition) is 3. The van der Waals surface area contributed by atoms with Crippen molar-refractivity contribution in [2.75, 3.05) is 32.6 Å². The minimum Gasteiger partial charge on any atom is -0.495 e. The molecule has 1 aromatic carbocycles. The third-order valence-corrected chi connectivity index (χ3v) is 4.58. The van der Waals surface area contributed by atoms with Gasteiger partial charge in [-0.25, -0.2) is 9.59 Å². The number of aliphatic carboxylic acids is 1. The molecule has 1 aliphatic carbocycles. The Balaban J connectivity index is 1.88. The third kappa shape index (κ3) is 5.33. The number of rotatable bonds is 8. The summed E-state index contributed by atoms with van der Waals surface area (Å²) in [6, 6.07) is 4.35. The Morgan fingerprint density at radius 2 is 1.96 bits per heavy atom. The highest BCUT2D eigenvalue weighted by Gasteiger charge is 2.34. The van der Waals surface area contributed by atoms with E-state index in [-0.39, 0.29) is 24.7 Å². The molecule has 0 spiro atoms. The summed E-state index contributed by atoms with van der Waals surface area (Å²) in [5, 5.41) is 14.5. The monoisotopic (exact) mass is 379 g/mol. The Bertz CT molecular complexity index is 702. The fourth-order valence-corrected chi connectivity index (χ4v) is 3.06. The molecule has 27 heavy (non-hydrogen) atoms. The highest BCUT2D eigenvalue weighted by Crippen LogP contribution is 2.28. The predicted octanol–water partition coefficient (Wildman–Crippen LogP) is 1.54. The van der Waals surface area contributed by atoms with Crippen LogP contribution in [0.15, 0.2) is 18.2 Å². The molecule has 0 atom stereocenters. The quantitative estimate of drug-likeness (QED) is 0.587. The number of carboxylic acids is 1. The van der Waals surface area contributed by atoms with Crippen LogP contribution >= 0.6 is 0 Å². The predicted molar refractivity (Wildman–Crippen MR) is 98.2 cm³/mol. The van der Waals surface area contributed by atoms with E-state index < -0.39 is 11.9 Å². The van der Waals surface area contributed by atoms with Crippen LogP contribution in [0.1, 0.15) is 30.1 Å². The molecule has 3 N–H and O–H groups in total. The van der Waals surface area contributed by atoms with Crippen LogP contribution in [0.2, 0.25) is 0 Å². The lowest BCUT2D eigenvalue weighted by molar-refractivity contribution is -0.139. The molecule has 1 saturated carbocycles. The van der Waals surface area contributed by atoms with Gasteiger partial charge in [0.15, 0.2) is 0 Å². The summed E-state index contributed by atoms with van der Waals surface area (Å²) in [5.41, 5.74) is 0.750. The lowest BCUT2D eigenvalue weighted by Gasteiger charge is -2.42. The second-order valence-electron chi connectivity index (χ2n) is 6.28. The molecule has 0 aliphatic heterocycles. The first-order chi connectivity index (χ1) is 12.9. The number of esters is 1. The number of carbonyl (C=O) groups is 3. The summed E-state index contributed by atoms with van der Waals surface area (Å²) >= 11 is 0. The minimum atomic E-state index is -0.853. The van der Waals surface area contributed by atoms with Gasteiger partial charge in [-0.1, -0.05) is 6.92 Å². The van der Waals surface area contributed by atoms with E-state index in [4.69, 9.17) is 9.84 Å². The van der Waals surface area contributed by atoms with Gasteiger partial charge in [0, 0.05) is 12.1 Å². The summed E-state index contributed by atoms with van der Waals surface area (Å²) in [4.78, 5) is 36.5. The molecule has 0 saturated heterocycles. The van der Waals surface area contributed by atoms with Crippen molar-refractivity contribution in [3.63, 3.8) is 0 Å². The zero-order valence-electron chi connectivity index (χ0n) is 15.7. The minimum absolute atomic E-state index is 0.00379. The van der Waals surface area contributed by atoms with E-state index in [1.165, 1.54) is 26.4 Å². The van der Waals surface area contributed by atoms with Gasteiger partial charge in [0.2, 0.25) is 0 Å². The van der Waals surface area contributed by atoms with Crippen LogP contribution < -0.4 is 15.4 Å². The van der Waals surface area contributed by atoms with Gasteiger partial charge in [0.25, 0.3) is 0 Å². The fourth-order valence-electron chi connectivity index (χ4n) is 3.06. The number of carbonyl (C=O) groups excluding carboxylic acids is 2. The summed E-state index contributed by atoms with van der Waals surface area (Å²) in [5.74, 6) is -1.00. The van der Waals surface area contributed by atoms with Crippen LogP contribution in [-0.4, -0.2) is 67.4 Å². The van der Waals surface area contributed by atoms with E-state index in [2.05, 4.69) is 15.4 Å². The molecule has 0 aromatic heterocycles. The number of likely N-dealkylation sites (N-methyl/N-ethyl adjacent to an activating group) is 1. The first-order valence-electron chi connectivity index (χ1n) is 8.67. The van der Waals surface area contributed by atoms with Crippen molar-refractivity contribution in [1.29, 1.82) is 0 Å². The number of amides is 2. The van der Waals surface area contributed by atoms with E-state index in [0.717, 1.165) is 0 Å². The van der Waals surface area contributed by atoms with Crippen molar-refractivity contribution in [3.8, 4) is 5.75 Å². The molecule has 0 bridgehead atoms. The maximum Gasteiger partial charge on any atom is 0.337 e. The Kier molecular flexibility index (Phi) is 7.00. The SMILES string of the molecule is CCN(CC(=O)O)C1CC(NC(=O)Nc2ccc(C(=O)OC)cc2OC)C1. The zero-order valence-corrected chi connectivity index (χ0v) is 15.7. The molecule has 0 radical (unpaired) electrons. The smallest absolute Gasteiger partial charge is 0.337 e. The average molecular weight is 379 g/mol. The van der Waals surface area contributed by atoms with Gasteiger partial charge in [0.05, 0.1) is 32.0 Å². The van der Waals surface area contributed by atoms with Gasteiger partial charge < -0.3 is 25.2 Å². The second kappa shape index (κ2) is 9.22. The fraction of sp³-hybridized carbons (Fsp3) is 0.500. The highest BCUT2D eigenvalue weighted by atomic mass is 16.5. The topological polar surface area (TPSA) is 117 Å². The van der Waals surface area contributed by atoms with Crippen LogP contribution in [0.4, 0.5) is 10.5 Å². The maximum atomic E-state index is 12.2. The van der Waals surface area contributed by atoms with Gasteiger partial charge in [-0.2, -0.15) is 0 Å². The first kappa shape index (κ1) is 20.5.